The molecule has 37 heavy (non-hydrogen) atoms. The van der Waals surface area contributed by atoms with Crippen LogP contribution in [0, 0.1) is 11.6 Å². The van der Waals surface area contributed by atoms with Crippen LogP contribution in [0.3, 0.4) is 0 Å². The molecule has 0 amide bonds. The Morgan fingerprint density at radius 1 is 1.16 bits per heavy atom. The third-order valence-corrected chi connectivity index (χ3v) is 6.06. The molecule has 196 valence electrons. The average Bonchev–Trinajstić information content (AvgIpc) is 3.23. The second kappa shape index (κ2) is 11.3. The summed E-state index contributed by atoms with van der Waals surface area (Å²) in [5, 5.41) is 13.1. The number of hydrogen-bond acceptors (Lipinski definition) is 9. The second-order valence-electron chi connectivity index (χ2n) is 8.80. The highest BCUT2D eigenvalue weighted by molar-refractivity contribution is 5.82. The molecule has 4 heterocycles. The zero-order valence-corrected chi connectivity index (χ0v) is 20.8. The van der Waals surface area contributed by atoms with Gasteiger partial charge >= 0.3 is 0 Å². The van der Waals surface area contributed by atoms with Gasteiger partial charge in [-0.05, 0) is 45.0 Å². The first-order valence-electron chi connectivity index (χ1n) is 11.9. The molecule has 0 aliphatic carbocycles. The number of anilines is 5. The van der Waals surface area contributed by atoms with Crippen LogP contribution in [-0.2, 0) is 9.53 Å². The van der Waals surface area contributed by atoms with Gasteiger partial charge in [0, 0.05) is 24.7 Å². The molecule has 2 aromatic heterocycles. The molecule has 12 heteroatoms. The van der Waals surface area contributed by atoms with Crippen LogP contribution in [0.15, 0.2) is 36.7 Å². The number of nitrogens with zero attached hydrogens (tertiary/aromatic N) is 5. The van der Waals surface area contributed by atoms with E-state index < -0.39 is 11.6 Å². The van der Waals surface area contributed by atoms with E-state index in [1.807, 2.05) is 32.9 Å². The summed E-state index contributed by atoms with van der Waals surface area (Å²) in [5.74, 6) is -0.374. The fourth-order valence-electron chi connectivity index (χ4n) is 4.50. The van der Waals surface area contributed by atoms with E-state index in [2.05, 4.69) is 35.4 Å². The van der Waals surface area contributed by atoms with Crippen molar-refractivity contribution >= 4 is 35.3 Å². The summed E-state index contributed by atoms with van der Waals surface area (Å²) in [6, 6.07) is 6.97. The van der Waals surface area contributed by atoms with Gasteiger partial charge in [0.1, 0.15) is 17.3 Å². The largest absolute Gasteiger partial charge is 0.483 e. The number of aromatic nitrogens is 3. The predicted molar refractivity (Wildman–Crippen MR) is 137 cm³/mol. The number of morpholine rings is 1. The first-order valence-corrected chi connectivity index (χ1v) is 11.9. The van der Waals surface area contributed by atoms with Crippen LogP contribution in [0.4, 0.5) is 37.6 Å². The maximum atomic E-state index is 14.9. The molecule has 1 fully saturated rings. The molecule has 2 aliphatic rings. The van der Waals surface area contributed by atoms with E-state index in [0.29, 0.717) is 36.0 Å². The summed E-state index contributed by atoms with van der Waals surface area (Å²) in [6.45, 7) is 8.80. The molecule has 3 N–H and O–H groups in total. The van der Waals surface area contributed by atoms with Crippen molar-refractivity contribution in [1.82, 2.24) is 15.0 Å². The molecule has 0 bridgehead atoms. The number of halogens is 2. The fourth-order valence-corrected chi connectivity index (χ4v) is 4.50. The van der Waals surface area contributed by atoms with Crippen molar-refractivity contribution in [2.24, 2.45) is 0 Å². The molecule has 1 aromatic carbocycles. The van der Waals surface area contributed by atoms with Gasteiger partial charge in [-0.25, -0.2) is 23.7 Å². The van der Waals surface area contributed by atoms with E-state index in [-0.39, 0.29) is 30.3 Å². The number of carboxylic acid groups (broad SMARTS) is 1. The lowest BCUT2D eigenvalue weighted by molar-refractivity contribution is -0.122. The Bertz CT molecular complexity index is 1240. The van der Waals surface area contributed by atoms with E-state index in [0.717, 1.165) is 25.0 Å². The smallest absolute Gasteiger partial charge is 0.290 e. The molecule has 1 atom stereocenters. The Kier molecular flexibility index (Phi) is 7.97. The quantitative estimate of drug-likeness (QED) is 0.431. The van der Waals surface area contributed by atoms with E-state index in [1.54, 1.807) is 12.3 Å². The Balaban J connectivity index is 0.00000102. The number of hydrogen-bond donors (Lipinski definition) is 3. The van der Waals surface area contributed by atoms with Crippen LogP contribution in [0.2, 0.25) is 0 Å². The molecule has 0 radical (unpaired) electrons. The normalized spacial score (nSPS) is 16.5. The molecular weight excluding hydrogens is 484 g/mol. The number of carbonyl (C=O) groups is 1. The highest BCUT2D eigenvalue weighted by Gasteiger charge is 2.31. The van der Waals surface area contributed by atoms with Crippen LogP contribution in [0.25, 0.3) is 11.3 Å². The van der Waals surface area contributed by atoms with Crippen LogP contribution < -0.4 is 20.4 Å². The third-order valence-electron chi connectivity index (χ3n) is 6.06. The van der Waals surface area contributed by atoms with Crippen LogP contribution in [0.1, 0.15) is 20.8 Å². The zero-order chi connectivity index (χ0) is 26.5. The number of benzene rings is 1. The van der Waals surface area contributed by atoms with Gasteiger partial charge in [-0.15, -0.1) is 0 Å². The molecule has 2 aliphatic heterocycles. The highest BCUT2D eigenvalue weighted by Crippen LogP contribution is 2.41. The Morgan fingerprint density at radius 2 is 1.89 bits per heavy atom. The maximum absolute atomic E-state index is 14.9. The van der Waals surface area contributed by atoms with Gasteiger partial charge in [0.2, 0.25) is 5.95 Å². The fraction of sp³-hybridized carbons (Fsp3) is 0.360. The van der Waals surface area contributed by atoms with Gasteiger partial charge in [-0.3, -0.25) is 4.79 Å². The van der Waals surface area contributed by atoms with E-state index in [1.165, 1.54) is 6.07 Å². The maximum Gasteiger partial charge on any atom is 0.290 e. The molecule has 10 nitrogen and oxygen atoms in total. The monoisotopic (exact) mass is 513 g/mol. The zero-order valence-electron chi connectivity index (χ0n) is 20.8. The molecule has 5 rings (SSSR count). The van der Waals surface area contributed by atoms with Crippen molar-refractivity contribution in [2.45, 2.75) is 33.0 Å². The number of nitrogens with one attached hydrogen (secondary N) is 2. The van der Waals surface area contributed by atoms with Gasteiger partial charge in [-0.1, -0.05) is 0 Å². The first-order chi connectivity index (χ1) is 17.8. The summed E-state index contributed by atoms with van der Waals surface area (Å²) in [7, 11) is 0. The molecule has 1 saturated heterocycles. The summed E-state index contributed by atoms with van der Waals surface area (Å²) in [5.41, 5.74) is 2.47. The van der Waals surface area contributed by atoms with Crippen LogP contribution >= 0.6 is 0 Å². The molecule has 1 unspecified atom stereocenters. The Labute approximate surface area is 213 Å². The van der Waals surface area contributed by atoms with E-state index in [9.17, 15) is 8.78 Å². The second-order valence-corrected chi connectivity index (χ2v) is 8.80. The SMILES string of the molecule is CC(C)N1c2cc(-c3nc(Nc4ccc(N5CCOCC5)cn4)ncc3F)cc(F)c2NC1C.O=CO. The summed E-state index contributed by atoms with van der Waals surface area (Å²) in [6.07, 6.45) is 2.78. The molecule has 0 spiro atoms. The van der Waals surface area contributed by atoms with E-state index in [4.69, 9.17) is 14.6 Å². The number of rotatable bonds is 5. The molecule has 0 saturated carbocycles. The number of ether oxygens (including phenoxy) is 1. The van der Waals surface area contributed by atoms with Crippen molar-refractivity contribution < 1.29 is 23.4 Å². The van der Waals surface area contributed by atoms with Gasteiger partial charge < -0.3 is 30.3 Å². The van der Waals surface area contributed by atoms with Crippen molar-refractivity contribution in [3.8, 4) is 11.3 Å². The predicted octanol–water partition coefficient (Wildman–Crippen LogP) is 4.08. The summed E-state index contributed by atoms with van der Waals surface area (Å²) in [4.78, 5) is 25.4. The minimum atomic E-state index is -0.629. The average molecular weight is 514 g/mol. The summed E-state index contributed by atoms with van der Waals surface area (Å²) < 4.78 is 35.0. The van der Waals surface area contributed by atoms with Gasteiger partial charge in [0.15, 0.2) is 5.82 Å². The van der Waals surface area contributed by atoms with Gasteiger partial charge in [-0.2, -0.15) is 0 Å². The van der Waals surface area contributed by atoms with Crippen LogP contribution in [0.5, 0.6) is 0 Å². The van der Waals surface area contributed by atoms with Crippen molar-refractivity contribution in [3.63, 3.8) is 0 Å². The third kappa shape index (κ3) is 5.69. The highest BCUT2D eigenvalue weighted by atomic mass is 19.1. The lowest BCUT2D eigenvalue weighted by atomic mass is 10.1. The van der Waals surface area contributed by atoms with Gasteiger partial charge in [0.25, 0.3) is 6.47 Å². The summed E-state index contributed by atoms with van der Waals surface area (Å²) >= 11 is 0. The minimum Gasteiger partial charge on any atom is -0.483 e. The Hall–Kier alpha value is -4.06. The topological polar surface area (TPSA) is 116 Å². The van der Waals surface area contributed by atoms with Crippen molar-refractivity contribution in [3.05, 3.63) is 48.3 Å². The van der Waals surface area contributed by atoms with Crippen molar-refractivity contribution in [1.29, 1.82) is 0 Å². The van der Waals surface area contributed by atoms with Crippen molar-refractivity contribution in [2.75, 3.05) is 46.7 Å². The standard InChI is InChI=1S/C24H27F2N7O.CH2O2/c1-14(2)33-15(3)29-23-18(25)10-16(11-20(23)33)22-19(26)13-28-24(31-22)30-21-5-4-17(12-27-21)32-6-8-34-9-7-32;2-1-3/h4-5,10-15,29H,6-9H2,1-3H3,(H,27,28,30,31);1H,(H,2,3). The Morgan fingerprint density at radius 3 is 2.54 bits per heavy atom. The molecule has 3 aromatic rings. The van der Waals surface area contributed by atoms with E-state index >= 15 is 0 Å². The number of pyridine rings is 1. The molecular formula is C25H29F2N7O3. The lowest BCUT2D eigenvalue weighted by Gasteiger charge is -2.28. The van der Waals surface area contributed by atoms with Gasteiger partial charge in [0.05, 0.1) is 48.8 Å². The lowest BCUT2D eigenvalue weighted by Crippen LogP contribution is -2.38. The first kappa shape index (κ1) is 26.0. The van der Waals surface area contributed by atoms with Crippen LogP contribution in [-0.4, -0.2) is 65.0 Å². The minimum absolute atomic E-state index is 0.0207. The number of fused-ring (bicyclic) bond motifs is 1.